The summed E-state index contributed by atoms with van der Waals surface area (Å²) in [4.78, 5) is 8.06. The highest BCUT2D eigenvalue weighted by molar-refractivity contribution is 5.65. The van der Waals surface area contributed by atoms with Crippen molar-refractivity contribution in [3.8, 4) is 11.3 Å². The van der Waals surface area contributed by atoms with Crippen LogP contribution in [0.1, 0.15) is 11.4 Å². The number of nitrogens with two attached hydrogens (primary N) is 1. The Bertz CT molecular complexity index is 501. The van der Waals surface area contributed by atoms with E-state index in [-0.39, 0.29) is 5.95 Å². The van der Waals surface area contributed by atoms with Gasteiger partial charge in [-0.3, -0.25) is 4.68 Å². The zero-order valence-electron chi connectivity index (χ0n) is 9.02. The molecule has 0 saturated carbocycles. The second kappa shape index (κ2) is 3.34. The SMILES string of the molecule is Cc1nn(C)c(C)c1-c1ccnc(N)n1. The lowest BCUT2D eigenvalue weighted by Crippen LogP contribution is -1.97. The van der Waals surface area contributed by atoms with E-state index >= 15 is 0 Å². The predicted molar refractivity (Wildman–Crippen MR) is 58.1 cm³/mol. The van der Waals surface area contributed by atoms with Crippen LogP contribution in [-0.2, 0) is 7.05 Å². The van der Waals surface area contributed by atoms with Gasteiger partial charge in [0.2, 0.25) is 5.95 Å². The monoisotopic (exact) mass is 203 g/mol. The van der Waals surface area contributed by atoms with Crippen LogP contribution in [0.2, 0.25) is 0 Å². The molecule has 0 saturated heterocycles. The minimum absolute atomic E-state index is 0.287. The molecule has 2 aromatic heterocycles. The molecule has 0 spiro atoms. The molecular weight excluding hydrogens is 190 g/mol. The molecular formula is C10H13N5. The van der Waals surface area contributed by atoms with E-state index in [1.807, 2.05) is 31.6 Å². The Kier molecular flexibility index (Phi) is 2.15. The zero-order chi connectivity index (χ0) is 11.0. The van der Waals surface area contributed by atoms with Crippen LogP contribution in [-0.4, -0.2) is 19.7 Å². The fraction of sp³-hybridized carbons (Fsp3) is 0.300. The standard InChI is InChI=1S/C10H13N5/c1-6-9(7(2)15(3)14-6)8-4-5-12-10(11)13-8/h4-5H,1-3H3,(H2,11,12,13). The molecule has 0 bridgehead atoms. The van der Waals surface area contributed by atoms with E-state index in [1.54, 1.807) is 6.20 Å². The average Bonchev–Trinajstić information content (AvgIpc) is 2.41. The molecule has 2 N–H and O–H groups in total. The van der Waals surface area contributed by atoms with Gasteiger partial charge in [-0.1, -0.05) is 0 Å². The Labute approximate surface area is 88.0 Å². The maximum absolute atomic E-state index is 5.55. The zero-order valence-corrected chi connectivity index (χ0v) is 9.02. The number of hydrogen-bond acceptors (Lipinski definition) is 4. The van der Waals surface area contributed by atoms with Crippen molar-refractivity contribution < 1.29 is 0 Å². The number of aryl methyl sites for hydroxylation is 2. The molecule has 78 valence electrons. The van der Waals surface area contributed by atoms with Gasteiger partial charge in [-0.2, -0.15) is 5.10 Å². The molecule has 15 heavy (non-hydrogen) atoms. The van der Waals surface area contributed by atoms with Crippen LogP contribution in [0, 0.1) is 13.8 Å². The molecule has 5 heteroatoms. The van der Waals surface area contributed by atoms with Crippen molar-refractivity contribution in [2.24, 2.45) is 7.05 Å². The lowest BCUT2D eigenvalue weighted by molar-refractivity contribution is 0.731. The molecule has 2 rings (SSSR count). The van der Waals surface area contributed by atoms with Crippen LogP contribution >= 0.6 is 0 Å². The van der Waals surface area contributed by atoms with Crippen molar-refractivity contribution >= 4 is 5.95 Å². The molecule has 2 aromatic rings. The van der Waals surface area contributed by atoms with Gasteiger partial charge in [0, 0.05) is 24.5 Å². The van der Waals surface area contributed by atoms with E-state index in [4.69, 9.17) is 5.73 Å². The highest BCUT2D eigenvalue weighted by Crippen LogP contribution is 2.24. The van der Waals surface area contributed by atoms with Gasteiger partial charge in [-0.25, -0.2) is 9.97 Å². The first-order chi connectivity index (χ1) is 7.09. The predicted octanol–water partition coefficient (Wildman–Crippen LogP) is 1.08. The van der Waals surface area contributed by atoms with Gasteiger partial charge in [0.15, 0.2) is 0 Å². The van der Waals surface area contributed by atoms with E-state index < -0.39 is 0 Å². The molecule has 0 atom stereocenters. The third-order valence-corrected chi connectivity index (χ3v) is 2.44. The summed E-state index contributed by atoms with van der Waals surface area (Å²) in [6, 6.07) is 1.84. The van der Waals surface area contributed by atoms with Crippen molar-refractivity contribution in [2.75, 3.05) is 5.73 Å². The van der Waals surface area contributed by atoms with Gasteiger partial charge in [-0.05, 0) is 19.9 Å². The van der Waals surface area contributed by atoms with E-state index in [2.05, 4.69) is 15.1 Å². The summed E-state index contributed by atoms with van der Waals surface area (Å²) in [5.74, 6) is 0.287. The van der Waals surface area contributed by atoms with Gasteiger partial charge in [0.25, 0.3) is 0 Å². The largest absolute Gasteiger partial charge is 0.368 e. The molecule has 0 aliphatic carbocycles. The average molecular weight is 203 g/mol. The highest BCUT2D eigenvalue weighted by Gasteiger charge is 2.12. The number of aromatic nitrogens is 4. The smallest absolute Gasteiger partial charge is 0.220 e. The Morgan fingerprint density at radius 2 is 2.07 bits per heavy atom. The number of hydrogen-bond donors (Lipinski definition) is 1. The van der Waals surface area contributed by atoms with Crippen LogP contribution in [0.25, 0.3) is 11.3 Å². The summed E-state index contributed by atoms with van der Waals surface area (Å²) < 4.78 is 1.84. The van der Waals surface area contributed by atoms with E-state index in [0.717, 1.165) is 22.6 Å². The Balaban J connectivity index is 2.63. The molecule has 0 aliphatic rings. The first kappa shape index (κ1) is 9.64. The number of anilines is 1. The summed E-state index contributed by atoms with van der Waals surface area (Å²) in [5.41, 5.74) is 9.44. The van der Waals surface area contributed by atoms with Crippen molar-refractivity contribution in [2.45, 2.75) is 13.8 Å². The van der Waals surface area contributed by atoms with Gasteiger partial charge in [0.05, 0.1) is 11.4 Å². The summed E-state index contributed by atoms with van der Waals surface area (Å²) in [5, 5.41) is 4.33. The van der Waals surface area contributed by atoms with Crippen molar-refractivity contribution in [3.63, 3.8) is 0 Å². The Morgan fingerprint density at radius 3 is 2.60 bits per heavy atom. The first-order valence-electron chi connectivity index (χ1n) is 4.68. The van der Waals surface area contributed by atoms with Crippen LogP contribution in [0.15, 0.2) is 12.3 Å². The van der Waals surface area contributed by atoms with E-state index in [0.29, 0.717) is 0 Å². The summed E-state index contributed by atoms with van der Waals surface area (Å²) >= 11 is 0. The van der Waals surface area contributed by atoms with Crippen LogP contribution in [0.4, 0.5) is 5.95 Å². The van der Waals surface area contributed by atoms with Crippen LogP contribution < -0.4 is 5.73 Å². The fourth-order valence-electron chi connectivity index (χ4n) is 1.66. The second-order valence-electron chi connectivity index (χ2n) is 3.47. The number of rotatable bonds is 1. The van der Waals surface area contributed by atoms with Crippen LogP contribution in [0.5, 0.6) is 0 Å². The quantitative estimate of drug-likeness (QED) is 0.752. The van der Waals surface area contributed by atoms with E-state index in [9.17, 15) is 0 Å². The molecule has 5 nitrogen and oxygen atoms in total. The lowest BCUT2D eigenvalue weighted by atomic mass is 10.1. The molecule has 0 amide bonds. The Morgan fingerprint density at radius 1 is 1.33 bits per heavy atom. The number of nitrogens with zero attached hydrogens (tertiary/aromatic N) is 4. The topological polar surface area (TPSA) is 69.6 Å². The minimum atomic E-state index is 0.287. The minimum Gasteiger partial charge on any atom is -0.368 e. The second-order valence-corrected chi connectivity index (χ2v) is 3.47. The molecule has 0 radical (unpaired) electrons. The maximum atomic E-state index is 5.55. The van der Waals surface area contributed by atoms with Gasteiger partial charge in [-0.15, -0.1) is 0 Å². The van der Waals surface area contributed by atoms with Crippen molar-refractivity contribution in [1.29, 1.82) is 0 Å². The maximum Gasteiger partial charge on any atom is 0.220 e. The van der Waals surface area contributed by atoms with Gasteiger partial charge >= 0.3 is 0 Å². The molecule has 0 fully saturated rings. The van der Waals surface area contributed by atoms with Crippen molar-refractivity contribution in [3.05, 3.63) is 23.7 Å². The molecule has 0 unspecified atom stereocenters. The lowest BCUT2D eigenvalue weighted by Gasteiger charge is -2.01. The van der Waals surface area contributed by atoms with E-state index in [1.165, 1.54) is 0 Å². The third kappa shape index (κ3) is 1.56. The van der Waals surface area contributed by atoms with Gasteiger partial charge in [0.1, 0.15) is 0 Å². The number of nitrogen functional groups attached to an aromatic ring is 1. The van der Waals surface area contributed by atoms with Gasteiger partial charge < -0.3 is 5.73 Å². The Hall–Kier alpha value is -1.91. The fourth-order valence-corrected chi connectivity index (χ4v) is 1.66. The molecule has 0 aliphatic heterocycles. The summed E-state index contributed by atoms with van der Waals surface area (Å²) in [6.45, 7) is 3.97. The van der Waals surface area contributed by atoms with Crippen LogP contribution in [0.3, 0.4) is 0 Å². The molecule has 2 heterocycles. The molecule has 0 aromatic carbocycles. The highest BCUT2D eigenvalue weighted by atomic mass is 15.3. The third-order valence-electron chi connectivity index (χ3n) is 2.44. The summed E-state index contributed by atoms with van der Waals surface area (Å²) in [6.07, 6.45) is 1.66. The normalized spacial score (nSPS) is 10.6. The first-order valence-corrected chi connectivity index (χ1v) is 4.68. The summed E-state index contributed by atoms with van der Waals surface area (Å²) in [7, 11) is 1.91. The van der Waals surface area contributed by atoms with Crippen molar-refractivity contribution in [1.82, 2.24) is 19.7 Å².